The number of rotatable bonds is 3. The summed E-state index contributed by atoms with van der Waals surface area (Å²) in [5, 5.41) is 18.8. The number of likely N-dealkylation sites (tertiary alicyclic amines) is 1. The first-order valence-corrected chi connectivity index (χ1v) is 7.36. The Bertz CT molecular complexity index is 567. The number of β-amino-alcohol motifs (C(OH)–C–C–N with tert-alkyl or cyclic N) is 1. The number of carbonyl (C=O) groups excluding carboxylic acids is 1. The number of hydrogen-bond donors (Lipinski definition) is 2. The van der Waals surface area contributed by atoms with Gasteiger partial charge in [0.05, 0.1) is 6.10 Å². The van der Waals surface area contributed by atoms with E-state index in [2.05, 4.69) is 15.9 Å². The van der Waals surface area contributed by atoms with Crippen molar-refractivity contribution in [1.82, 2.24) is 9.47 Å². The molecule has 2 fully saturated rings. The fourth-order valence-electron chi connectivity index (χ4n) is 2.69. The monoisotopic (exact) mass is 342 g/mol. The second kappa shape index (κ2) is 4.89. The standard InChI is InChI=1S/C13H15BrN2O4/c14-7-3-10(15(5-7)8-1-2-8)12(18)16-6-9(17)4-11(16)13(19)20/h3,5,8-9,11,17H,1-2,4,6H2,(H,19,20). The summed E-state index contributed by atoms with van der Waals surface area (Å²) in [6.45, 7) is 0.0727. The Labute approximate surface area is 124 Å². The predicted molar refractivity (Wildman–Crippen MR) is 73.5 cm³/mol. The normalized spacial score (nSPS) is 26.0. The molecule has 0 spiro atoms. The molecule has 1 aromatic heterocycles. The zero-order valence-electron chi connectivity index (χ0n) is 10.7. The summed E-state index contributed by atoms with van der Waals surface area (Å²) in [5.41, 5.74) is 0.486. The molecular weight excluding hydrogens is 328 g/mol. The molecule has 1 aliphatic carbocycles. The summed E-state index contributed by atoms with van der Waals surface area (Å²) in [5.74, 6) is -1.40. The Morgan fingerprint density at radius 2 is 2.05 bits per heavy atom. The maximum absolute atomic E-state index is 12.6. The second-order valence-electron chi connectivity index (χ2n) is 5.38. The summed E-state index contributed by atoms with van der Waals surface area (Å²) in [6.07, 6.45) is 3.24. The topological polar surface area (TPSA) is 82.8 Å². The van der Waals surface area contributed by atoms with Gasteiger partial charge in [-0.25, -0.2) is 4.79 Å². The number of carboxylic acids is 1. The molecule has 0 radical (unpaired) electrons. The Morgan fingerprint density at radius 1 is 1.35 bits per heavy atom. The third-order valence-corrected chi connectivity index (χ3v) is 4.23. The Balaban J connectivity index is 1.90. The second-order valence-corrected chi connectivity index (χ2v) is 6.30. The van der Waals surface area contributed by atoms with Crippen LogP contribution >= 0.6 is 15.9 Å². The smallest absolute Gasteiger partial charge is 0.326 e. The minimum absolute atomic E-state index is 0.0727. The molecular formula is C13H15BrN2O4. The van der Waals surface area contributed by atoms with E-state index < -0.39 is 18.1 Å². The van der Waals surface area contributed by atoms with Crippen LogP contribution in [-0.4, -0.2) is 50.2 Å². The molecule has 108 valence electrons. The lowest BCUT2D eigenvalue weighted by molar-refractivity contribution is -0.141. The fraction of sp³-hybridized carbons (Fsp3) is 0.538. The molecule has 1 saturated heterocycles. The van der Waals surface area contributed by atoms with Crippen molar-refractivity contribution in [2.75, 3.05) is 6.54 Å². The summed E-state index contributed by atoms with van der Waals surface area (Å²) in [7, 11) is 0. The van der Waals surface area contributed by atoms with E-state index in [1.807, 2.05) is 10.8 Å². The number of hydrogen-bond acceptors (Lipinski definition) is 3. The zero-order chi connectivity index (χ0) is 14.4. The van der Waals surface area contributed by atoms with Crippen molar-refractivity contribution in [3.05, 3.63) is 22.4 Å². The van der Waals surface area contributed by atoms with E-state index in [4.69, 9.17) is 0 Å². The van der Waals surface area contributed by atoms with Crippen LogP contribution in [0, 0.1) is 0 Å². The molecule has 7 heteroatoms. The van der Waals surface area contributed by atoms with E-state index in [-0.39, 0.29) is 18.9 Å². The number of nitrogens with zero attached hydrogens (tertiary/aromatic N) is 2. The summed E-state index contributed by atoms with van der Waals surface area (Å²) in [6, 6.07) is 1.10. The lowest BCUT2D eigenvalue weighted by atomic mass is 10.2. The lowest BCUT2D eigenvalue weighted by Crippen LogP contribution is -2.41. The van der Waals surface area contributed by atoms with Gasteiger partial charge in [-0.05, 0) is 34.8 Å². The van der Waals surface area contributed by atoms with Crippen molar-refractivity contribution < 1.29 is 19.8 Å². The molecule has 2 atom stereocenters. The minimum Gasteiger partial charge on any atom is -0.480 e. The van der Waals surface area contributed by atoms with E-state index in [1.54, 1.807) is 6.07 Å². The fourth-order valence-corrected chi connectivity index (χ4v) is 3.13. The molecule has 0 bridgehead atoms. The molecule has 1 amide bonds. The SMILES string of the molecule is O=C(O)C1CC(O)CN1C(=O)c1cc(Br)cn1C1CC1. The van der Waals surface area contributed by atoms with Crippen LogP contribution in [0.4, 0.5) is 0 Å². The molecule has 1 saturated carbocycles. The maximum atomic E-state index is 12.6. The average Bonchev–Trinajstić information content (AvgIpc) is 3.04. The van der Waals surface area contributed by atoms with Gasteiger partial charge in [0.1, 0.15) is 11.7 Å². The van der Waals surface area contributed by atoms with Crippen molar-refractivity contribution in [2.45, 2.75) is 37.5 Å². The molecule has 20 heavy (non-hydrogen) atoms. The molecule has 1 aromatic rings. The van der Waals surface area contributed by atoms with Gasteiger partial charge in [0, 0.05) is 29.7 Å². The third kappa shape index (κ3) is 2.35. The number of aliphatic hydroxyl groups is 1. The van der Waals surface area contributed by atoms with E-state index in [9.17, 15) is 19.8 Å². The van der Waals surface area contributed by atoms with Crippen LogP contribution in [0.3, 0.4) is 0 Å². The number of aliphatic carboxylic acids is 1. The Morgan fingerprint density at radius 3 is 2.65 bits per heavy atom. The van der Waals surface area contributed by atoms with E-state index in [0.29, 0.717) is 11.7 Å². The number of carboxylic acid groups (broad SMARTS) is 1. The number of carbonyl (C=O) groups is 2. The number of aliphatic hydroxyl groups excluding tert-OH is 1. The quantitative estimate of drug-likeness (QED) is 0.865. The molecule has 2 aliphatic rings. The maximum Gasteiger partial charge on any atom is 0.326 e. The number of aromatic nitrogens is 1. The third-order valence-electron chi connectivity index (χ3n) is 3.80. The molecule has 2 heterocycles. The predicted octanol–water partition coefficient (Wildman–Crippen LogP) is 1.25. The highest BCUT2D eigenvalue weighted by atomic mass is 79.9. The van der Waals surface area contributed by atoms with Crippen LogP contribution in [0.5, 0.6) is 0 Å². The van der Waals surface area contributed by atoms with Crippen LogP contribution in [0.2, 0.25) is 0 Å². The molecule has 2 unspecified atom stereocenters. The largest absolute Gasteiger partial charge is 0.480 e. The van der Waals surface area contributed by atoms with Crippen molar-refractivity contribution in [1.29, 1.82) is 0 Å². The van der Waals surface area contributed by atoms with E-state index >= 15 is 0 Å². The van der Waals surface area contributed by atoms with Crippen LogP contribution in [0.25, 0.3) is 0 Å². The van der Waals surface area contributed by atoms with Crippen LogP contribution < -0.4 is 0 Å². The van der Waals surface area contributed by atoms with Crippen LogP contribution in [0.1, 0.15) is 35.8 Å². The zero-order valence-corrected chi connectivity index (χ0v) is 12.3. The first-order valence-electron chi connectivity index (χ1n) is 6.56. The highest BCUT2D eigenvalue weighted by Crippen LogP contribution is 2.38. The van der Waals surface area contributed by atoms with Gasteiger partial charge in [-0.15, -0.1) is 0 Å². The van der Waals surface area contributed by atoms with Crippen molar-refractivity contribution in [2.24, 2.45) is 0 Å². The average molecular weight is 343 g/mol. The van der Waals surface area contributed by atoms with Crippen molar-refractivity contribution in [3.63, 3.8) is 0 Å². The summed E-state index contributed by atoms with van der Waals surface area (Å²) < 4.78 is 2.70. The van der Waals surface area contributed by atoms with Gasteiger partial charge in [0.15, 0.2) is 0 Å². The van der Waals surface area contributed by atoms with Crippen molar-refractivity contribution >= 4 is 27.8 Å². The minimum atomic E-state index is -1.07. The molecule has 6 nitrogen and oxygen atoms in total. The molecule has 2 N–H and O–H groups in total. The molecule has 3 rings (SSSR count). The van der Waals surface area contributed by atoms with Gasteiger partial charge >= 0.3 is 5.97 Å². The summed E-state index contributed by atoms with van der Waals surface area (Å²) >= 11 is 3.35. The van der Waals surface area contributed by atoms with Gasteiger partial charge in [0.25, 0.3) is 5.91 Å². The first-order chi connectivity index (χ1) is 9.47. The van der Waals surface area contributed by atoms with E-state index in [0.717, 1.165) is 17.3 Å². The van der Waals surface area contributed by atoms with Crippen molar-refractivity contribution in [3.8, 4) is 0 Å². The van der Waals surface area contributed by atoms with Crippen LogP contribution in [0.15, 0.2) is 16.7 Å². The van der Waals surface area contributed by atoms with Crippen LogP contribution in [-0.2, 0) is 4.79 Å². The Kier molecular flexibility index (Phi) is 3.33. The highest BCUT2D eigenvalue weighted by Gasteiger charge is 2.41. The first kappa shape index (κ1) is 13.6. The molecule has 1 aliphatic heterocycles. The van der Waals surface area contributed by atoms with Gasteiger partial charge in [-0.2, -0.15) is 0 Å². The van der Waals surface area contributed by atoms with Gasteiger partial charge in [-0.3, -0.25) is 4.79 Å². The lowest BCUT2D eigenvalue weighted by Gasteiger charge is -2.21. The number of halogens is 1. The molecule has 0 aromatic carbocycles. The highest BCUT2D eigenvalue weighted by molar-refractivity contribution is 9.10. The van der Waals surface area contributed by atoms with Gasteiger partial charge in [0.2, 0.25) is 0 Å². The summed E-state index contributed by atoms with van der Waals surface area (Å²) in [4.78, 5) is 25.0. The van der Waals surface area contributed by atoms with E-state index in [1.165, 1.54) is 4.90 Å². The van der Waals surface area contributed by atoms with Gasteiger partial charge < -0.3 is 19.7 Å². The van der Waals surface area contributed by atoms with Gasteiger partial charge in [-0.1, -0.05) is 0 Å². The Hall–Kier alpha value is -1.34. The number of amides is 1.